The molecule has 0 aromatic rings. The van der Waals surface area contributed by atoms with Crippen LogP contribution in [0.25, 0.3) is 0 Å². The van der Waals surface area contributed by atoms with E-state index in [1.165, 1.54) is 6.92 Å². The van der Waals surface area contributed by atoms with Crippen LogP contribution in [0, 0.1) is 11.5 Å². The van der Waals surface area contributed by atoms with Crippen molar-refractivity contribution >= 4 is 8.07 Å². The van der Waals surface area contributed by atoms with Crippen molar-refractivity contribution in [2.45, 2.75) is 38.8 Å². The van der Waals surface area contributed by atoms with Gasteiger partial charge in [-0.15, -0.1) is 5.54 Å². The van der Waals surface area contributed by atoms with E-state index in [2.05, 4.69) is 31.1 Å². The summed E-state index contributed by atoms with van der Waals surface area (Å²) in [5, 5.41) is 18.0. The minimum absolute atomic E-state index is 0.751. The maximum absolute atomic E-state index is 9.09. The maximum atomic E-state index is 9.09. The average molecular weight is 172 g/mol. The van der Waals surface area contributed by atoms with Crippen LogP contribution in [0.1, 0.15) is 6.92 Å². The van der Waals surface area contributed by atoms with Gasteiger partial charge in [-0.1, -0.05) is 25.6 Å². The fourth-order valence-electron chi connectivity index (χ4n) is 0.411. The van der Waals surface area contributed by atoms with Crippen molar-refractivity contribution < 1.29 is 10.2 Å². The number of hydrogen-bond donors (Lipinski definition) is 2. The lowest BCUT2D eigenvalue weighted by Gasteiger charge is -2.08. The Morgan fingerprint density at radius 3 is 1.91 bits per heavy atom. The fraction of sp³-hybridized carbons (Fsp3) is 0.750. The average Bonchev–Trinajstić information content (AvgIpc) is 1.80. The van der Waals surface area contributed by atoms with Crippen molar-refractivity contribution in [1.82, 2.24) is 0 Å². The van der Waals surface area contributed by atoms with Gasteiger partial charge in [-0.05, 0) is 6.92 Å². The molecule has 0 unspecified atom stereocenters. The summed E-state index contributed by atoms with van der Waals surface area (Å²) in [5.41, 5.74) is 2.98. The summed E-state index contributed by atoms with van der Waals surface area (Å²) in [6.07, 6.45) is -1.64. The Hall–Kier alpha value is -0.303. The van der Waals surface area contributed by atoms with E-state index in [1.807, 2.05) is 0 Å². The van der Waals surface area contributed by atoms with Crippen LogP contribution < -0.4 is 0 Å². The van der Waals surface area contributed by atoms with Gasteiger partial charge in [-0.25, -0.2) is 0 Å². The fourth-order valence-corrected chi connectivity index (χ4v) is 0.992. The van der Waals surface area contributed by atoms with E-state index in [0.29, 0.717) is 0 Å². The number of aliphatic hydroxyl groups excluding tert-OH is 2. The van der Waals surface area contributed by atoms with Crippen molar-refractivity contribution in [3.05, 3.63) is 0 Å². The summed E-state index contributed by atoms with van der Waals surface area (Å²) in [4.78, 5) is 0. The third-order valence-electron chi connectivity index (χ3n) is 1.05. The summed E-state index contributed by atoms with van der Waals surface area (Å²) in [7, 11) is -1.40. The van der Waals surface area contributed by atoms with Crippen LogP contribution in [-0.2, 0) is 0 Å². The second-order valence-corrected chi connectivity index (χ2v) is 8.45. The van der Waals surface area contributed by atoms with E-state index in [-0.39, 0.29) is 0 Å². The monoisotopic (exact) mass is 172 g/mol. The molecule has 0 aromatic heterocycles. The number of rotatable bonds is 1. The van der Waals surface area contributed by atoms with Gasteiger partial charge in [0.15, 0.2) is 0 Å². The molecule has 0 aliphatic rings. The largest absolute Gasteiger partial charge is 0.390 e. The maximum Gasteiger partial charge on any atom is 0.139 e. The Morgan fingerprint density at radius 1 is 1.18 bits per heavy atom. The first-order valence-corrected chi connectivity index (χ1v) is 7.22. The smallest absolute Gasteiger partial charge is 0.139 e. The highest BCUT2D eigenvalue weighted by molar-refractivity contribution is 6.83. The normalized spacial score (nSPS) is 16.5. The predicted octanol–water partition coefficient (Wildman–Crippen LogP) is 0.609. The molecule has 0 aliphatic carbocycles. The second-order valence-electron chi connectivity index (χ2n) is 3.70. The Balaban J connectivity index is 4.08. The lowest BCUT2D eigenvalue weighted by Crippen LogP contribution is -2.23. The van der Waals surface area contributed by atoms with Crippen LogP contribution in [0.15, 0.2) is 0 Å². The van der Waals surface area contributed by atoms with Gasteiger partial charge in [-0.2, -0.15) is 0 Å². The third-order valence-corrected chi connectivity index (χ3v) is 1.95. The van der Waals surface area contributed by atoms with Crippen LogP contribution >= 0.6 is 0 Å². The molecule has 0 amide bonds. The molecule has 3 heteroatoms. The quantitative estimate of drug-likeness (QED) is 0.449. The minimum atomic E-state index is -1.40. The molecule has 0 spiro atoms. The van der Waals surface area contributed by atoms with Crippen molar-refractivity contribution in [2.75, 3.05) is 0 Å². The van der Waals surface area contributed by atoms with Gasteiger partial charge < -0.3 is 10.2 Å². The van der Waals surface area contributed by atoms with Gasteiger partial charge in [0.2, 0.25) is 0 Å². The summed E-state index contributed by atoms with van der Waals surface area (Å²) < 4.78 is 0. The summed E-state index contributed by atoms with van der Waals surface area (Å²) >= 11 is 0. The van der Waals surface area contributed by atoms with E-state index >= 15 is 0 Å². The first-order valence-electron chi connectivity index (χ1n) is 3.72. The van der Waals surface area contributed by atoms with Crippen LogP contribution in [0.5, 0.6) is 0 Å². The van der Waals surface area contributed by atoms with Crippen LogP contribution in [0.2, 0.25) is 19.6 Å². The van der Waals surface area contributed by atoms with Crippen molar-refractivity contribution in [3.8, 4) is 11.5 Å². The standard InChI is InChI=1S/C8H16O2Si/c1-7(9)8(10)5-6-11(2,3)4/h7-10H,1-4H3/t7-,8-/m0/s1. The molecule has 0 rings (SSSR count). The Labute approximate surface area is 69.3 Å². The minimum Gasteiger partial charge on any atom is -0.390 e. The van der Waals surface area contributed by atoms with E-state index < -0.39 is 20.3 Å². The SMILES string of the molecule is C[C@H](O)[C@@H](O)C#C[Si](C)(C)C. The topological polar surface area (TPSA) is 40.5 Å². The molecule has 0 heterocycles. The van der Waals surface area contributed by atoms with Gasteiger partial charge >= 0.3 is 0 Å². The highest BCUT2D eigenvalue weighted by atomic mass is 28.3. The van der Waals surface area contributed by atoms with Crippen LogP contribution in [0.3, 0.4) is 0 Å². The van der Waals surface area contributed by atoms with Gasteiger partial charge in [0, 0.05) is 0 Å². The number of aliphatic hydroxyl groups is 2. The molecule has 2 N–H and O–H groups in total. The first kappa shape index (κ1) is 10.7. The van der Waals surface area contributed by atoms with E-state index in [4.69, 9.17) is 10.2 Å². The summed E-state index contributed by atoms with van der Waals surface area (Å²) in [6.45, 7) is 7.81. The molecule has 0 radical (unpaired) electrons. The van der Waals surface area contributed by atoms with Gasteiger partial charge in [0.05, 0.1) is 6.10 Å². The molecule has 0 fully saturated rings. The molecule has 0 bridgehead atoms. The zero-order chi connectivity index (χ0) is 9.07. The van der Waals surface area contributed by atoms with Crippen LogP contribution in [-0.4, -0.2) is 30.5 Å². The molecule has 0 saturated carbocycles. The molecule has 64 valence electrons. The van der Waals surface area contributed by atoms with E-state index in [1.54, 1.807) is 0 Å². The van der Waals surface area contributed by atoms with Gasteiger partial charge in [0.1, 0.15) is 14.2 Å². The summed E-state index contributed by atoms with van der Waals surface area (Å²) in [6, 6.07) is 0. The second kappa shape index (κ2) is 3.91. The first-order chi connectivity index (χ1) is 4.83. The molecule has 0 aliphatic heterocycles. The zero-order valence-electron chi connectivity index (χ0n) is 7.55. The lowest BCUT2D eigenvalue weighted by atomic mass is 10.2. The molecule has 0 aromatic carbocycles. The summed E-state index contributed by atoms with van der Waals surface area (Å²) in [5.74, 6) is 2.64. The highest BCUT2D eigenvalue weighted by Crippen LogP contribution is 1.97. The van der Waals surface area contributed by atoms with Crippen molar-refractivity contribution in [3.63, 3.8) is 0 Å². The zero-order valence-corrected chi connectivity index (χ0v) is 8.55. The molecule has 0 saturated heterocycles. The predicted molar refractivity (Wildman–Crippen MR) is 48.8 cm³/mol. The van der Waals surface area contributed by atoms with E-state index in [0.717, 1.165) is 0 Å². The van der Waals surface area contributed by atoms with Crippen molar-refractivity contribution in [2.24, 2.45) is 0 Å². The van der Waals surface area contributed by atoms with Crippen molar-refractivity contribution in [1.29, 1.82) is 0 Å². The Bertz CT molecular complexity index is 171. The molecular formula is C8H16O2Si. The third kappa shape index (κ3) is 6.11. The highest BCUT2D eigenvalue weighted by Gasteiger charge is 2.10. The Kier molecular flexibility index (Phi) is 3.80. The van der Waals surface area contributed by atoms with Crippen LogP contribution in [0.4, 0.5) is 0 Å². The molecule has 2 nitrogen and oxygen atoms in total. The lowest BCUT2D eigenvalue weighted by molar-refractivity contribution is 0.0678. The molecule has 11 heavy (non-hydrogen) atoms. The number of hydrogen-bond acceptors (Lipinski definition) is 2. The van der Waals surface area contributed by atoms with E-state index in [9.17, 15) is 0 Å². The molecule has 2 atom stereocenters. The molecular weight excluding hydrogens is 156 g/mol. The van der Waals surface area contributed by atoms with Gasteiger partial charge in [0.25, 0.3) is 0 Å². The Morgan fingerprint density at radius 2 is 1.64 bits per heavy atom. The van der Waals surface area contributed by atoms with Gasteiger partial charge in [-0.3, -0.25) is 0 Å².